The molecule has 0 radical (unpaired) electrons. The van der Waals surface area contributed by atoms with Crippen LogP contribution in [0.2, 0.25) is 0 Å². The van der Waals surface area contributed by atoms with Gasteiger partial charge in [-0.05, 0) is 66.6 Å². The SMILES string of the molecule is Cc1cc(OCC(C)(C)CCc2ccc(C(=O)NCCC(=O)O)cc2)cnc1-c1ccc(C(F)(F)F)cc1. The van der Waals surface area contributed by atoms with Gasteiger partial charge in [-0.1, -0.05) is 38.1 Å². The van der Waals surface area contributed by atoms with Gasteiger partial charge in [-0.2, -0.15) is 13.2 Å². The van der Waals surface area contributed by atoms with Crippen LogP contribution in [0.4, 0.5) is 13.2 Å². The van der Waals surface area contributed by atoms with Crippen molar-refractivity contribution in [3.05, 3.63) is 83.0 Å². The molecule has 0 saturated carbocycles. The lowest BCUT2D eigenvalue weighted by Crippen LogP contribution is -2.26. The van der Waals surface area contributed by atoms with Crippen LogP contribution in [-0.2, 0) is 17.4 Å². The van der Waals surface area contributed by atoms with Crippen molar-refractivity contribution in [2.45, 2.75) is 46.2 Å². The molecule has 3 rings (SSSR count). The molecule has 3 aromatic rings. The molecule has 0 aliphatic rings. The average Bonchev–Trinajstić information content (AvgIpc) is 2.86. The molecule has 9 heteroatoms. The minimum atomic E-state index is -4.38. The molecule has 0 saturated heterocycles. The Hall–Kier alpha value is -3.88. The number of nitrogens with zero attached hydrogens (tertiary/aromatic N) is 1. The fourth-order valence-corrected chi connectivity index (χ4v) is 3.79. The molecule has 6 nitrogen and oxygen atoms in total. The maximum absolute atomic E-state index is 12.8. The summed E-state index contributed by atoms with van der Waals surface area (Å²) in [6.45, 7) is 6.55. The van der Waals surface area contributed by atoms with Crippen LogP contribution in [0.15, 0.2) is 60.8 Å². The summed E-state index contributed by atoms with van der Waals surface area (Å²) >= 11 is 0. The van der Waals surface area contributed by atoms with Crippen molar-refractivity contribution in [1.82, 2.24) is 10.3 Å². The number of ether oxygens (including phenoxy) is 1. The Morgan fingerprint density at radius 3 is 2.26 bits per heavy atom. The lowest BCUT2D eigenvalue weighted by Gasteiger charge is -2.25. The van der Waals surface area contributed by atoms with Crippen LogP contribution in [0, 0.1) is 12.3 Å². The number of hydrogen-bond acceptors (Lipinski definition) is 4. The molecule has 0 spiro atoms. The van der Waals surface area contributed by atoms with Gasteiger partial charge in [0.15, 0.2) is 0 Å². The smallest absolute Gasteiger partial charge is 0.416 e. The molecule has 202 valence electrons. The zero-order valence-corrected chi connectivity index (χ0v) is 21.6. The number of nitrogens with one attached hydrogen (secondary N) is 1. The standard InChI is InChI=1S/C29H31F3N2O4/c1-19-16-24(17-34-26(19)21-8-10-23(11-9-21)29(30,31)32)38-18-28(2,3)14-12-20-4-6-22(7-5-20)27(37)33-15-13-25(35)36/h4-11,16-17H,12-15,18H2,1-3H3,(H,33,37)(H,35,36). The summed E-state index contributed by atoms with van der Waals surface area (Å²) in [4.78, 5) is 27.1. The van der Waals surface area contributed by atoms with Crippen LogP contribution in [0.5, 0.6) is 5.75 Å². The highest BCUT2D eigenvalue weighted by Crippen LogP contribution is 2.32. The maximum Gasteiger partial charge on any atom is 0.416 e. The van der Waals surface area contributed by atoms with Crippen molar-refractivity contribution in [3.63, 3.8) is 0 Å². The van der Waals surface area contributed by atoms with E-state index in [-0.39, 0.29) is 24.3 Å². The average molecular weight is 529 g/mol. The fraction of sp³-hybridized carbons (Fsp3) is 0.345. The van der Waals surface area contributed by atoms with E-state index in [1.54, 1.807) is 18.3 Å². The zero-order valence-electron chi connectivity index (χ0n) is 21.6. The predicted molar refractivity (Wildman–Crippen MR) is 138 cm³/mol. The monoisotopic (exact) mass is 528 g/mol. The molecule has 0 atom stereocenters. The van der Waals surface area contributed by atoms with Gasteiger partial charge in [0.25, 0.3) is 5.91 Å². The number of rotatable bonds is 11. The van der Waals surface area contributed by atoms with E-state index in [0.717, 1.165) is 36.1 Å². The van der Waals surface area contributed by atoms with E-state index in [1.807, 2.05) is 25.1 Å². The highest BCUT2D eigenvalue weighted by Gasteiger charge is 2.30. The molecule has 1 aromatic heterocycles. The van der Waals surface area contributed by atoms with Crippen molar-refractivity contribution < 1.29 is 32.6 Å². The van der Waals surface area contributed by atoms with Crippen molar-refractivity contribution in [3.8, 4) is 17.0 Å². The first-order chi connectivity index (χ1) is 17.8. The molecule has 0 fully saturated rings. The number of hydrogen-bond donors (Lipinski definition) is 2. The lowest BCUT2D eigenvalue weighted by atomic mass is 9.87. The molecule has 2 aromatic carbocycles. The molecule has 0 aliphatic heterocycles. The Kier molecular flexibility index (Phi) is 9.14. The number of pyridine rings is 1. The lowest BCUT2D eigenvalue weighted by molar-refractivity contribution is -0.138. The number of carbonyl (C=O) groups is 2. The third kappa shape index (κ3) is 8.33. The van der Waals surface area contributed by atoms with Crippen LogP contribution in [-0.4, -0.2) is 35.1 Å². The molecule has 0 aliphatic carbocycles. The van der Waals surface area contributed by atoms with Crippen molar-refractivity contribution >= 4 is 11.9 Å². The third-order valence-corrected chi connectivity index (χ3v) is 6.10. The second-order valence-corrected chi connectivity index (χ2v) is 9.96. The summed E-state index contributed by atoms with van der Waals surface area (Å²) in [6, 6.07) is 14.0. The van der Waals surface area contributed by atoms with E-state index in [9.17, 15) is 22.8 Å². The van der Waals surface area contributed by atoms with Gasteiger partial charge in [0.2, 0.25) is 0 Å². The Labute approximate surface area is 219 Å². The minimum Gasteiger partial charge on any atom is -0.491 e. The van der Waals surface area contributed by atoms with Crippen molar-refractivity contribution in [2.75, 3.05) is 13.2 Å². The summed E-state index contributed by atoms with van der Waals surface area (Å²) in [5, 5.41) is 11.2. The predicted octanol–water partition coefficient (Wildman–Crippen LogP) is 6.32. The van der Waals surface area contributed by atoms with Gasteiger partial charge in [-0.25, -0.2) is 0 Å². The van der Waals surface area contributed by atoms with Crippen molar-refractivity contribution in [1.29, 1.82) is 0 Å². The Morgan fingerprint density at radius 2 is 1.68 bits per heavy atom. The Morgan fingerprint density at radius 1 is 1.03 bits per heavy atom. The highest BCUT2D eigenvalue weighted by molar-refractivity contribution is 5.94. The quantitative estimate of drug-likeness (QED) is 0.304. The van der Waals surface area contributed by atoms with Gasteiger partial charge in [-0.15, -0.1) is 0 Å². The summed E-state index contributed by atoms with van der Waals surface area (Å²) in [5.41, 5.74) is 2.69. The summed E-state index contributed by atoms with van der Waals surface area (Å²) in [5.74, 6) is -0.682. The van der Waals surface area contributed by atoms with Gasteiger partial charge in [-0.3, -0.25) is 14.6 Å². The maximum atomic E-state index is 12.8. The van der Waals surface area contributed by atoms with E-state index in [0.29, 0.717) is 29.2 Å². The first kappa shape index (κ1) is 28.7. The van der Waals surface area contributed by atoms with Gasteiger partial charge in [0, 0.05) is 17.7 Å². The molecular formula is C29H31F3N2O4. The summed E-state index contributed by atoms with van der Waals surface area (Å²) in [7, 11) is 0. The van der Waals surface area contributed by atoms with Crippen LogP contribution in [0.1, 0.15) is 53.7 Å². The fourth-order valence-electron chi connectivity index (χ4n) is 3.79. The molecule has 1 heterocycles. The first-order valence-electron chi connectivity index (χ1n) is 12.2. The molecule has 38 heavy (non-hydrogen) atoms. The second-order valence-electron chi connectivity index (χ2n) is 9.96. The van der Waals surface area contributed by atoms with Gasteiger partial charge in [0.1, 0.15) is 5.75 Å². The number of alkyl halides is 3. The number of aliphatic carboxylic acids is 1. The summed E-state index contributed by atoms with van der Waals surface area (Å²) in [6.07, 6.45) is -1.32. The van der Waals surface area contributed by atoms with Crippen LogP contribution >= 0.6 is 0 Å². The highest BCUT2D eigenvalue weighted by atomic mass is 19.4. The van der Waals surface area contributed by atoms with E-state index < -0.39 is 17.7 Å². The van der Waals surface area contributed by atoms with E-state index in [1.165, 1.54) is 12.1 Å². The minimum absolute atomic E-state index is 0.0803. The largest absolute Gasteiger partial charge is 0.491 e. The van der Waals surface area contributed by atoms with E-state index in [4.69, 9.17) is 9.84 Å². The molecular weight excluding hydrogens is 497 g/mol. The van der Waals surface area contributed by atoms with Gasteiger partial charge in [0.05, 0.1) is 30.5 Å². The zero-order chi connectivity index (χ0) is 27.9. The Balaban J connectivity index is 1.52. The number of amides is 1. The third-order valence-electron chi connectivity index (χ3n) is 6.10. The van der Waals surface area contributed by atoms with Gasteiger partial charge < -0.3 is 15.2 Å². The normalized spacial score (nSPS) is 11.7. The number of carboxylic acids is 1. The number of halogens is 3. The molecule has 0 bridgehead atoms. The van der Waals surface area contributed by atoms with Crippen LogP contribution in [0.25, 0.3) is 11.3 Å². The number of carbonyl (C=O) groups excluding carboxylic acids is 1. The summed E-state index contributed by atoms with van der Waals surface area (Å²) < 4.78 is 44.5. The second kappa shape index (κ2) is 12.1. The van der Waals surface area contributed by atoms with Gasteiger partial charge >= 0.3 is 12.1 Å². The number of benzene rings is 2. The number of carboxylic acid groups (broad SMARTS) is 1. The van der Waals surface area contributed by atoms with E-state index in [2.05, 4.69) is 24.1 Å². The topological polar surface area (TPSA) is 88.5 Å². The van der Waals surface area contributed by atoms with Crippen LogP contribution < -0.4 is 10.1 Å². The molecule has 2 N–H and O–H groups in total. The van der Waals surface area contributed by atoms with Crippen LogP contribution in [0.3, 0.4) is 0 Å². The van der Waals surface area contributed by atoms with E-state index >= 15 is 0 Å². The first-order valence-corrected chi connectivity index (χ1v) is 12.2. The van der Waals surface area contributed by atoms with Crippen molar-refractivity contribution in [2.24, 2.45) is 5.41 Å². The molecule has 0 unspecified atom stereocenters. The Bertz CT molecular complexity index is 1250. The molecule has 1 amide bonds. The number of aryl methyl sites for hydroxylation is 2. The number of aromatic nitrogens is 1.